The Morgan fingerprint density at radius 3 is 2.63 bits per heavy atom. The Bertz CT molecular complexity index is 588. The van der Waals surface area contributed by atoms with Gasteiger partial charge in [0.1, 0.15) is 4.90 Å². The van der Waals surface area contributed by atoms with E-state index in [-0.39, 0.29) is 10.7 Å². The molecule has 106 valence electrons. The highest BCUT2D eigenvalue weighted by Gasteiger charge is 2.33. The average Bonchev–Trinajstić information content (AvgIpc) is 3.14. The van der Waals surface area contributed by atoms with E-state index in [1.165, 1.54) is 10.4 Å². The first-order chi connectivity index (χ1) is 8.86. The summed E-state index contributed by atoms with van der Waals surface area (Å²) in [5.41, 5.74) is 5.68. The summed E-state index contributed by atoms with van der Waals surface area (Å²) in [6, 6.07) is 2.32. The van der Waals surface area contributed by atoms with E-state index in [1.807, 2.05) is 0 Å². The quantitative estimate of drug-likeness (QED) is 0.850. The Hall–Kier alpha value is -0.850. The van der Waals surface area contributed by atoms with Crippen molar-refractivity contribution in [2.24, 2.45) is 5.92 Å². The van der Waals surface area contributed by atoms with Crippen LogP contribution in [0.1, 0.15) is 19.8 Å². The maximum absolute atomic E-state index is 13.9. The van der Waals surface area contributed by atoms with Crippen molar-refractivity contribution in [1.82, 2.24) is 4.31 Å². The van der Waals surface area contributed by atoms with Gasteiger partial charge in [-0.25, -0.2) is 12.8 Å². The van der Waals surface area contributed by atoms with Gasteiger partial charge in [-0.05, 0) is 30.9 Å². The van der Waals surface area contributed by atoms with Gasteiger partial charge in [0.25, 0.3) is 0 Å². The van der Waals surface area contributed by atoms with Crippen LogP contribution in [-0.2, 0) is 10.0 Å². The number of nitrogens with two attached hydrogens (primary N) is 1. The number of nitrogens with zero attached hydrogens (tertiary/aromatic N) is 1. The number of benzene rings is 1. The lowest BCUT2D eigenvalue weighted by molar-refractivity contribution is 0.408. The first kappa shape index (κ1) is 14.6. The lowest BCUT2D eigenvalue weighted by atomic mass is 10.3. The minimum Gasteiger partial charge on any atom is -0.399 e. The number of halogens is 2. The molecule has 0 atom stereocenters. The van der Waals surface area contributed by atoms with Crippen LogP contribution in [0.2, 0.25) is 5.02 Å². The van der Waals surface area contributed by atoms with Gasteiger partial charge in [0.2, 0.25) is 10.0 Å². The molecule has 1 saturated carbocycles. The zero-order valence-corrected chi connectivity index (χ0v) is 12.1. The highest BCUT2D eigenvalue weighted by Crippen LogP contribution is 2.33. The van der Waals surface area contributed by atoms with Crippen LogP contribution < -0.4 is 5.73 Å². The molecule has 0 bridgehead atoms. The van der Waals surface area contributed by atoms with Gasteiger partial charge in [-0.3, -0.25) is 0 Å². The molecule has 2 rings (SSSR count). The van der Waals surface area contributed by atoms with Gasteiger partial charge in [-0.1, -0.05) is 18.5 Å². The molecule has 19 heavy (non-hydrogen) atoms. The zero-order chi connectivity index (χ0) is 14.2. The molecule has 1 aliphatic rings. The first-order valence-electron chi connectivity index (χ1n) is 6.11. The standard InChI is InChI=1S/C12H16ClFN2O2S/c1-2-16(7-8-3-4-8)19(17,18)11-6-9(15)5-10(13)12(11)14/h5-6,8H,2-4,7,15H2,1H3. The van der Waals surface area contributed by atoms with E-state index in [0.29, 0.717) is 19.0 Å². The van der Waals surface area contributed by atoms with Crippen molar-refractivity contribution < 1.29 is 12.8 Å². The van der Waals surface area contributed by atoms with E-state index in [2.05, 4.69) is 0 Å². The number of nitrogen functional groups attached to an aromatic ring is 1. The molecule has 1 aromatic carbocycles. The zero-order valence-electron chi connectivity index (χ0n) is 10.6. The largest absolute Gasteiger partial charge is 0.399 e. The summed E-state index contributed by atoms with van der Waals surface area (Å²) < 4.78 is 40.1. The van der Waals surface area contributed by atoms with Crippen LogP contribution in [-0.4, -0.2) is 25.8 Å². The highest BCUT2D eigenvalue weighted by molar-refractivity contribution is 7.89. The topological polar surface area (TPSA) is 63.4 Å². The molecular formula is C12H16ClFN2O2S. The van der Waals surface area contributed by atoms with Gasteiger partial charge in [-0.2, -0.15) is 4.31 Å². The van der Waals surface area contributed by atoms with E-state index in [9.17, 15) is 12.8 Å². The molecule has 0 saturated heterocycles. The third-order valence-corrected chi connectivity index (χ3v) is 5.36. The Morgan fingerprint density at radius 2 is 2.11 bits per heavy atom. The molecular weight excluding hydrogens is 291 g/mol. The molecule has 1 fully saturated rings. The minimum absolute atomic E-state index is 0.132. The highest BCUT2D eigenvalue weighted by atomic mass is 35.5. The fourth-order valence-corrected chi connectivity index (χ4v) is 3.83. The van der Waals surface area contributed by atoms with Gasteiger partial charge in [-0.15, -0.1) is 0 Å². The second kappa shape index (κ2) is 5.26. The van der Waals surface area contributed by atoms with Crippen molar-refractivity contribution in [1.29, 1.82) is 0 Å². The normalized spacial score (nSPS) is 16.0. The van der Waals surface area contributed by atoms with Crippen LogP contribution in [0.5, 0.6) is 0 Å². The molecule has 1 aliphatic carbocycles. The number of anilines is 1. The van der Waals surface area contributed by atoms with Gasteiger partial charge in [0, 0.05) is 18.8 Å². The van der Waals surface area contributed by atoms with Crippen molar-refractivity contribution in [2.75, 3.05) is 18.8 Å². The van der Waals surface area contributed by atoms with Crippen LogP contribution in [0, 0.1) is 11.7 Å². The summed E-state index contributed by atoms with van der Waals surface area (Å²) >= 11 is 5.65. The third kappa shape index (κ3) is 3.01. The minimum atomic E-state index is -3.89. The monoisotopic (exact) mass is 306 g/mol. The molecule has 0 spiro atoms. The lowest BCUT2D eigenvalue weighted by Gasteiger charge is -2.21. The Kier molecular flexibility index (Phi) is 4.03. The molecule has 1 aromatic rings. The van der Waals surface area contributed by atoms with E-state index < -0.39 is 20.7 Å². The van der Waals surface area contributed by atoms with Gasteiger partial charge in [0.15, 0.2) is 5.82 Å². The predicted octanol–water partition coefficient (Wildman–Crippen LogP) is 2.48. The molecule has 0 unspecified atom stereocenters. The van der Waals surface area contributed by atoms with E-state index in [0.717, 1.165) is 18.9 Å². The van der Waals surface area contributed by atoms with Crippen molar-refractivity contribution in [3.05, 3.63) is 23.0 Å². The Labute approximate surface area is 117 Å². The van der Waals surface area contributed by atoms with Crippen molar-refractivity contribution >= 4 is 27.3 Å². The van der Waals surface area contributed by atoms with E-state index >= 15 is 0 Å². The number of rotatable bonds is 5. The fourth-order valence-electron chi connectivity index (χ4n) is 1.90. The molecule has 2 N–H and O–H groups in total. The van der Waals surface area contributed by atoms with Crippen LogP contribution in [0.3, 0.4) is 0 Å². The second-order valence-electron chi connectivity index (χ2n) is 4.71. The lowest BCUT2D eigenvalue weighted by Crippen LogP contribution is -2.33. The van der Waals surface area contributed by atoms with Crippen LogP contribution in [0.15, 0.2) is 17.0 Å². The van der Waals surface area contributed by atoms with Crippen LogP contribution in [0.25, 0.3) is 0 Å². The van der Waals surface area contributed by atoms with Crippen LogP contribution >= 0.6 is 11.6 Å². The van der Waals surface area contributed by atoms with Crippen molar-refractivity contribution in [3.8, 4) is 0 Å². The molecule has 7 heteroatoms. The number of hydrogen-bond acceptors (Lipinski definition) is 3. The van der Waals surface area contributed by atoms with Gasteiger partial charge >= 0.3 is 0 Å². The molecule has 0 amide bonds. The summed E-state index contributed by atoms with van der Waals surface area (Å²) in [6.07, 6.45) is 2.04. The smallest absolute Gasteiger partial charge is 0.246 e. The Balaban J connectivity index is 2.42. The number of sulfonamides is 1. The molecule has 0 aliphatic heterocycles. The number of hydrogen-bond donors (Lipinski definition) is 1. The first-order valence-corrected chi connectivity index (χ1v) is 7.92. The molecule has 0 aromatic heterocycles. The van der Waals surface area contributed by atoms with Crippen molar-refractivity contribution in [2.45, 2.75) is 24.7 Å². The molecule has 0 radical (unpaired) electrons. The maximum atomic E-state index is 13.9. The van der Waals surface area contributed by atoms with E-state index in [1.54, 1.807) is 6.92 Å². The van der Waals surface area contributed by atoms with Gasteiger partial charge < -0.3 is 5.73 Å². The average molecular weight is 307 g/mol. The van der Waals surface area contributed by atoms with Crippen molar-refractivity contribution in [3.63, 3.8) is 0 Å². The molecule has 0 heterocycles. The fraction of sp³-hybridized carbons (Fsp3) is 0.500. The summed E-state index contributed by atoms with van der Waals surface area (Å²) in [4.78, 5) is -0.444. The maximum Gasteiger partial charge on any atom is 0.246 e. The van der Waals surface area contributed by atoms with Crippen LogP contribution in [0.4, 0.5) is 10.1 Å². The second-order valence-corrected chi connectivity index (χ2v) is 7.03. The summed E-state index contributed by atoms with van der Waals surface area (Å²) in [5, 5.41) is -0.277. The van der Waals surface area contributed by atoms with Gasteiger partial charge in [0.05, 0.1) is 5.02 Å². The predicted molar refractivity (Wildman–Crippen MR) is 73.0 cm³/mol. The SMILES string of the molecule is CCN(CC1CC1)S(=O)(=O)c1cc(N)cc(Cl)c1F. The Morgan fingerprint density at radius 1 is 1.47 bits per heavy atom. The van der Waals surface area contributed by atoms with E-state index in [4.69, 9.17) is 17.3 Å². The molecule has 4 nitrogen and oxygen atoms in total. The summed E-state index contributed by atoms with van der Waals surface area (Å²) in [5.74, 6) is -0.556. The summed E-state index contributed by atoms with van der Waals surface area (Å²) in [7, 11) is -3.89. The summed E-state index contributed by atoms with van der Waals surface area (Å²) in [6.45, 7) is 2.45. The third-order valence-electron chi connectivity index (χ3n) is 3.15.